The highest BCUT2D eigenvalue weighted by Crippen LogP contribution is 2.25. The lowest BCUT2D eigenvalue weighted by atomic mass is 10.2. The summed E-state index contributed by atoms with van der Waals surface area (Å²) in [6.45, 7) is 3.10. The number of nitrogens with zero attached hydrogens (tertiary/aromatic N) is 1. The van der Waals surface area contributed by atoms with Crippen LogP contribution in [-0.4, -0.2) is 18.0 Å². The SMILES string of the molecule is CCCCn1cc(C=O)c2ccc(OC)cc21. The fourth-order valence-electron chi connectivity index (χ4n) is 2.03. The van der Waals surface area contributed by atoms with E-state index in [4.69, 9.17) is 4.74 Å². The van der Waals surface area contributed by atoms with Crippen molar-refractivity contribution < 1.29 is 9.53 Å². The van der Waals surface area contributed by atoms with Crippen LogP contribution in [0.25, 0.3) is 10.9 Å². The Kier molecular flexibility index (Phi) is 3.47. The second-order valence-electron chi connectivity index (χ2n) is 4.13. The first-order valence-corrected chi connectivity index (χ1v) is 5.92. The number of carbonyl (C=O) groups excluding carboxylic acids is 1. The van der Waals surface area contributed by atoms with E-state index in [9.17, 15) is 4.79 Å². The van der Waals surface area contributed by atoms with Crippen molar-refractivity contribution in [1.29, 1.82) is 0 Å². The lowest BCUT2D eigenvalue weighted by Gasteiger charge is -2.05. The van der Waals surface area contributed by atoms with Gasteiger partial charge in [0.25, 0.3) is 0 Å². The fraction of sp³-hybridized carbons (Fsp3) is 0.357. The van der Waals surface area contributed by atoms with Gasteiger partial charge in [-0.3, -0.25) is 4.79 Å². The molecule has 3 nitrogen and oxygen atoms in total. The summed E-state index contributed by atoms with van der Waals surface area (Å²) in [5.41, 5.74) is 1.82. The van der Waals surface area contributed by atoms with E-state index in [2.05, 4.69) is 11.5 Å². The summed E-state index contributed by atoms with van der Waals surface area (Å²) in [7, 11) is 1.65. The summed E-state index contributed by atoms with van der Waals surface area (Å²) in [5.74, 6) is 0.825. The number of carbonyl (C=O) groups is 1. The van der Waals surface area contributed by atoms with Gasteiger partial charge in [0.2, 0.25) is 0 Å². The molecule has 0 saturated carbocycles. The van der Waals surface area contributed by atoms with Crippen LogP contribution in [0.3, 0.4) is 0 Å². The molecule has 1 heterocycles. The number of hydrogen-bond donors (Lipinski definition) is 0. The van der Waals surface area contributed by atoms with Crippen LogP contribution in [0, 0.1) is 0 Å². The predicted molar refractivity (Wildman–Crippen MR) is 68.8 cm³/mol. The molecule has 1 aromatic carbocycles. The normalized spacial score (nSPS) is 10.7. The number of aldehydes is 1. The second-order valence-corrected chi connectivity index (χ2v) is 4.13. The average Bonchev–Trinajstić information content (AvgIpc) is 2.73. The van der Waals surface area contributed by atoms with Gasteiger partial charge in [0.15, 0.2) is 6.29 Å². The lowest BCUT2D eigenvalue weighted by Crippen LogP contribution is -1.95. The number of unbranched alkanes of at least 4 members (excludes halogenated alkanes) is 1. The number of ether oxygens (including phenoxy) is 1. The van der Waals surface area contributed by atoms with Crippen LogP contribution in [0.15, 0.2) is 24.4 Å². The molecule has 0 aliphatic heterocycles. The number of aryl methyl sites for hydroxylation is 1. The van der Waals surface area contributed by atoms with Crippen molar-refractivity contribution in [2.45, 2.75) is 26.3 Å². The van der Waals surface area contributed by atoms with E-state index in [1.165, 1.54) is 0 Å². The van der Waals surface area contributed by atoms with Gasteiger partial charge in [0, 0.05) is 29.8 Å². The summed E-state index contributed by atoms with van der Waals surface area (Å²) in [6.07, 6.45) is 5.09. The molecule has 0 saturated heterocycles. The third kappa shape index (κ3) is 2.18. The van der Waals surface area contributed by atoms with Gasteiger partial charge in [-0.15, -0.1) is 0 Å². The van der Waals surface area contributed by atoms with Crippen LogP contribution in [0.1, 0.15) is 30.1 Å². The monoisotopic (exact) mass is 231 g/mol. The molecule has 0 fully saturated rings. The third-order valence-electron chi connectivity index (χ3n) is 3.00. The molecule has 2 rings (SSSR count). The molecule has 0 radical (unpaired) electrons. The first-order chi connectivity index (χ1) is 8.30. The van der Waals surface area contributed by atoms with Crippen molar-refractivity contribution in [1.82, 2.24) is 4.57 Å². The van der Waals surface area contributed by atoms with Crippen molar-refractivity contribution in [2.24, 2.45) is 0 Å². The molecule has 0 aliphatic rings. The minimum atomic E-state index is 0.749. The Morgan fingerprint density at radius 2 is 2.24 bits per heavy atom. The Morgan fingerprint density at radius 1 is 1.41 bits per heavy atom. The standard InChI is InChI=1S/C14H17NO2/c1-3-4-7-15-9-11(10-16)13-6-5-12(17-2)8-14(13)15/h5-6,8-10H,3-4,7H2,1-2H3. The van der Waals surface area contributed by atoms with E-state index in [1.807, 2.05) is 24.4 Å². The summed E-state index contributed by atoms with van der Waals surface area (Å²) in [6, 6.07) is 5.82. The van der Waals surface area contributed by atoms with E-state index in [1.54, 1.807) is 7.11 Å². The number of hydrogen-bond acceptors (Lipinski definition) is 2. The van der Waals surface area contributed by atoms with Gasteiger partial charge < -0.3 is 9.30 Å². The zero-order valence-electron chi connectivity index (χ0n) is 10.3. The largest absolute Gasteiger partial charge is 0.497 e. The van der Waals surface area contributed by atoms with Crippen molar-refractivity contribution >= 4 is 17.2 Å². The molecule has 17 heavy (non-hydrogen) atoms. The Labute approximate surface area is 101 Å². The zero-order chi connectivity index (χ0) is 12.3. The van der Waals surface area contributed by atoms with E-state index < -0.39 is 0 Å². The second kappa shape index (κ2) is 5.04. The maximum Gasteiger partial charge on any atom is 0.152 e. The highest BCUT2D eigenvalue weighted by atomic mass is 16.5. The molecule has 3 heteroatoms. The topological polar surface area (TPSA) is 31.2 Å². The Balaban J connectivity index is 2.53. The van der Waals surface area contributed by atoms with Crippen LogP contribution >= 0.6 is 0 Å². The maximum atomic E-state index is 11.0. The highest BCUT2D eigenvalue weighted by Gasteiger charge is 2.08. The number of aromatic nitrogens is 1. The Bertz CT molecular complexity index is 528. The minimum Gasteiger partial charge on any atom is -0.497 e. The third-order valence-corrected chi connectivity index (χ3v) is 3.00. The van der Waals surface area contributed by atoms with Crippen LogP contribution < -0.4 is 4.74 Å². The van der Waals surface area contributed by atoms with Gasteiger partial charge in [-0.25, -0.2) is 0 Å². The molecule has 1 aromatic heterocycles. The first kappa shape index (κ1) is 11.7. The number of rotatable bonds is 5. The van der Waals surface area contributed by atoms with Crippen LogP contribution in [0.2, 0.25) is 0 Å². The van der Waals surface area contributed by atoms with E-state index in [0.29, 0.717) is 0 Å². The van der Waals surface area contributed by atoms with E-state index in [-0.39, 0.29) is 0 Å². The van der Waals surface area contributed by atoms with Gasteiger partial charge >= 0.3 is 0 Å². The van der Waals surface area contributed by atoms with E-state index >= 15 is 0 Å². The van der Waals surface area contributed by atoms with Gasteiger partial charge in [-0.2, -0.15) is 0 Å². The molecule has 0 amide bonds. The molecular weight excluding hydrogens is 214 g/mol. The number of methoxy groups -OCH3 is 1. The van der Waals surface area contributed by atoms with Crippen molar-refractivity contribution in [3.05, 3.63) is 30.0 Å². The number of fused-ring (bicyclic) bond motifs is 1. The minimum absolute atomic E-state index is 0.749. The first-order valence-electron chi connectivity index (χ1n) is 5.92. The van der Waals surface area contributed by atoms with Gasteiger partial charge in [0.1, 0.15) is 5.75 Å². The highest BCUT2D eigenvalue weighted by molar-refractivity contribution is 5.98. The molecule has 0 aliphatic carbocycles. The molecule has 0 atom stereocenters. The van der Waals surface area contributed by atoms with Gasteiger partial charge in [0.05, 0.1) is 12.6 Å². The Hall–Kier alpha value is -1.77. The molecular formula is C14H17NO2. The fourth-order valence-corrected chi connectivity index (χ4v) is 2.03. The molecule has 2 aromatic rings. The average molecular weight is 231 g/mol. The maximum absolute atomic E-state index is 11.0. The Morgan fingerprint density at radius 3 is 2.88 bits per heavy atom. The molecule has 90 valence electrons. The summed E-state index contributed by atoms with van der Waals surface area (Å²) in [4.78, 5) is 11.0. The van der Waals surface area contributed by atoms with Gasteiger partial charge in [-0.05, 0) is 18.6 Å². The van der Waals surface area contributed by atoms with Crippen molar-refractivity contribution in [3.8, 4) is 5.75 Å². The van der Waals surface area contributed by atoms with Crippen molar-refractivity contribution in [2.75, 3.05) is 7.11 Å². The summed E-state index contributed by atoms with van der Waals surface area (Å²) < 4.78 is 7.35. The van der Waals surface area contributed by atoms with E-state index in [0.717, 1.165) is 47.9 Å². The van der Waals surface area contributed by atoms with Gasteiger partial charge in [-0.1, -0.05) is 13.3 Å². The molecule has 0 unspecified atom stereocenters. The van der Waals surface area contributed by atoms with Crippen molar-refractivity contribution in [3.63, 3.8) is 0 Å². The zero-order valence-corrected chi connectivity index (χ0v) is 10.3. The summed E-state index contributed by atoms with van der Waals surface area (Å²) in [5, 5.41) is 0.997. The number of benzene rings is 1. The lowest BCUT2D eigenvalue weighted by molar-refractivity contribution is 0.112. The van der Waals surface area contributed by atoms with Crippen LogP contribution in [0.5, 0.6) is 5.75 Å². The smallest absolute Gasteiger partial charge is 0.152 e. The quantitative estimate of drug-likeness (QED) is 0.739. The molecule has 0 spiro atoms. The molecule has 0 N–H and O–H groups in total. The summed E-state index contributed by atoms with van der Waals surface area (Å²) >= 11 is 0. The van der Waals surface area contributed by atoms with Crippen LogP contribution in [0.4, 0.5) is 0 Å². The van der Waals surface area contributed by atoms with Crippen LogP contribution in [-0.2, 0) is 6.54 Å². The predicted octanol–water partition coefficient (Wildman–Crippen LogP) is 3.26. The molecule has 0 bridgehead atoms.